The van der Waals surface area contributed by atoms with Crippen molar-refractivity contribution in [2.24, 2.45) is 0 Å². The molecule has 0 unspecified atom stereocenters. The van der Waals surface area contributed by atoms with Crippen LogP contribution in [0.15, 0.2) is 103 Å². The molecule has 0 fully saturated rings. The summed E-state index contributed by atoms with van der Waals surface area (Å²) in [6.07, 6.45) is 0. The highest BCUT2D eigenvalue weighted by molar-refractivity contribution is 6.36. The second-order valence-corrected chi connectivity index (χ2v) is 13.2. The van der Waals surface area contributed by atoms with E-state index < -0.39 is 11.8 Å². The molecule has 53 heavy (non-hydrogen) atoms. The van der Waals surface area contributed by atoms with E-state index in [1.807, 2.05) is 79.9 Å². The number of fused-ring (bicyclic) bond motifs is 4. The Balaban J connectivity index is 1.43. The van der Waals surface area contributed by atoms with E-state index in [1.165, 1.54) is 4.90 Å². The highest BCUT2D eigenvalue weighted by Gasteiger charge is 2.40. The molecule has 0 atom stereocenters. The molecule has 8 rings (SSSR count). The third-order valence-electron chi connectivity index (χ3n) is 9.78. The van der Waals surface area contributed by atoms with Crippen LogP contribution in [0.25, 0.3) is 59.4 Å². The molecule has 8 nitrogen and oxygen atoms in total. The molecule has 248 valence electrons. The van der Waals surface area contributed by atoms with Gasteiger partial charge in [-0.3, -0.25) is 9.59 Å². The van der Waals surface area contributed by atoms with Gasteiger partial charge in [0.2, 0.25) is 0 Å². The van der Waals surface area contributed by atoms with Crippen LogP contribution in [-0.2, 0) is 0 Å². The van der Waals surface area contributed by atoms with E-state index in [-0.39, 0.29) is 5.56 Å². The number of hydrogen-bond acceptors (Lipinski definition) is 4. The van der Waals surface area contributed by atoms with Crippen LogP contribution in [-0.4, -0.2) is 16.4 Å². The van der Waals surface area contributed by atoms with Gasteiger partial charge in [0.1, 0.15) is 0 Å². The molecule has 0 N–H and O–H groups in total. The topological polar surface area (TPSA) is 98.6 Å². The van der Waals surface area contributed by atoms with Crippen molar-refractivity contribution < 1.29 is 9.59 Å². The molecule has 7 aromatic rings. The van der Waals surface area contributed by atoms with Crippen molar-refractivity contribution in [2.75, 3.05) is 4.90 Å². The van der Waals surface area contributed by atoms with Crippen molar-refractivity contribution >= 4 is 50.7 Å². The van der Waals surface area contributed by atoms with Crippen molar-refractivity contribution in [3.63, 3.8) is 0 Å². The molecule has 6 aromatic carbocycles. The minimum Gasteiger partial charge on any atom is -0.308 e. The molecular weight excluding hydrogens is 657 g/mol. The van der Waals surface area contributed by atoms with Crippen LogP contribution in [0, 0.1) is 56.6 Å². The smallest absolute Gasteiger partial charge is 0.268 e. The maximum Gasteiger partial charge on any atom is 0.268 e. The first-order valence-electron chi connectivity index (χ1n) is 16.7. The predicted octanol–water partition coefficient (Wildman–Crippen LogP) is 10.7. The molecule has 0 bridgehead atoms. The lowest BCUT2D eigenvalue weighted by Gasteiger charge is -2.20. The van der Waals surface area contributed by atoms with Gasteiger partial charge >= 0.3 is 0 Å². The Kier molecular flexibility index (Phi) is 7.48. The van der Waals surface area contributed by atoms with Gasteiger partial charge in [-0.15, -0.1) is 0 Å². The summed E-state index contributed by atoms with van der Waals surface area (Å²) in [6.45, 7) is 21.0. The minimum atomic E-state index is -0.426. The number of nitriles is 2. The summed E-state index contributed by atoms with van der Waals surface area (Å²) in [5.74, 6) is -0.825. The number of hydrogen-bond donors (Lipinski definition) is 0. The second kappa shape index (κ2) is 12.2. The largest absolute Gasteiger partial charge is 0.308 e. The highest BCUT2D eigenvalue weighted by Crippen LogP contribution is 2.42. The van der Waals surface area contributed by atoms with Gasteiger partial charge in [-0.2, -0.15) is 10.5 Å². The number of aromatic nitrogens is 1. The number of amides is 2. The number of benzene rings is 6. The van der Waals surface area contributed by atoms with E-state index in [0.717, 1.165) is 49.6 Å². The summed E-state index contributed by atoms with van der Waals surface area (Å²) in [4.78, 5) is 37.2. The van der Waals surface area contributed by atoms with Crippen LogP contribution in [0.5, 0.6) is 0 Å². The summed E-state index contributed by atoms with van der Waals surface area (Å²) in [5.41, 5.74) is 10.1. The first-order chi connectivity index (χ1) is 25.6. The first kappa shape index (κ1) is 32.4. The van der Waals surface area contributed by atoms with E-state index in [1.54, 1.807) is 48.5 Å². The van der Waals surface area contributed by atoms with Gasteiger partial charge in [-0.25, -0.2) is 14.6 Å². The molecule has 1 aliphatic heterocycles. The third kappa shape index (κ3) is 5.11. The van der Waals surface area contributed by atoms with E-state index >= 15 is 0 Å². The van der Waals surface area contributed by atoms with Crippen molar-refractivity contribution in [2.45, 2.75) is 20.8 Å². The van der Waals surface area contributed by atoms with Gasteiger partial charge in [0.25, 0.3) is 11.8 Å². The molecule has 0 radical (unpaired) electrons. The Hall–Kier alpha value is -7.78. The fourth-order valence-corrected chi connectivity index (χ4v) is 7.63. The standard InChI is InChI=1S/C45H26N6O2/c1-25-13-26(2)43(27(3)14-25)51-44(52)38-7-6-8-39(42(38)45(51)53)50-40-20-30(32-16-28(23-46)15-29(17-32)24-47)9-11-36(40)37-12-10-31(21-41(37)50)33-18-34(48-4)22-35(19-33)49-5/h6-22H,1-3H3. The Morgan fingerprint density at radius 2 is 1.15 bits per heavy atom. The number of anilines is 1. The highest BCUT2D eigenvalue weighted by atomic mass is 16.2. The van der Waals surface area contributed by atoms with Crippen molar-refractivity contribution in [3.05, 3.63) is 165 Å². The van der Waals surface area contributed by atoms with Crippen molar-refractivity contribution in [1.82, 2.24) is 4.57 Å². The lowest BCUT2D eigenvalue weighted by atomic mass is 9.99. The molecule has 0 saturated carbocycles. The molecule has 0 aliphatic carbocycles. The molecule has 2 heterocycles. The maximum atomic E-state index is 14.6. The fraction of sp³-hybridized carbons (Fsp3) is 0.0667. The SMILES string of the molecule is [C-]#[N+]c1cc([N+]#[C-])cc(-c2ccc3c4ccc(-c5cc(C#N)cc(C#N)c5)cc4n(-c4cccc5c4C(=O)N(c4c(C)cc(C)cc4C)C5=O)c3c2)c1. The summed E-state index contributed by atoms with van der Waals surface area (Å²) < 4.78 is 1.98. The molecule has 0 spiro atoms. The number of carbonyl (C=O) groups is 2. The van der Waals surface area contributed by atoms with Gasteiger partial charge in [-0.05, 0) is 96.6 Å². The predicted molar refractivity (Wildman–Crippen MR) is 205 cm³/mol. The molecule has 1 aliphatic rings. The van der Waals surface area contributed by atoms with Gasteiger partial charge in [-0.1, -0.05) is 66.2 Å². The fourth-order valence-electron chi connectivity index (χ4n) is 7.63. The van der Waals surface area contributed by atoms with Gasteiger partial charge in [0, 0.05) is 10.8 Å². The Labute approximate surface area is 305 Å². The quantitative estimate of drug-likeness (QED) is 0.136. The Morgan fingerprint density at radius 3 is 1.68 bits per heavy atom. The zero-order valence-corrected chi connectivity index (χ0v) is 28.8. The lowest BCUT2D eigenvalue weighted by Crippen LogP contribution is -2.31. The number of carbonyl (C=O) groups excluding carboxylic acids is 2. The number of nitrogens with zero attached hydrogens (tertiary/aromatic N) is 6. The zero-order valence-electron chi connectivity index (χ0n) is 28.8. The van der Waals surface area contributed by atoms with Crippen LogP contribution in [0.2, 0.25) is 0 Å². The monoisotopic (exact) mass is 682 g/mol. The van der Waals surface area contributed by atoms with Crippen molar-refractivity contribution in [3.8, 4) is 40.1 Å². The van der Waals surface area contributed by atoms with Crippen LogP contribution in [0.4, 0.5) is 17.1 Å². The van der Waals surface area contributed by atoms with Crippen molar-refractivity contribution in [1.29, 1.82) is 10.5 Å². The van der Waals surface area contributed by atoms with E-state index in [9.17, 15) is 20.1 Å². The number of imide groups is 1. The first-order valence-corrected chi connectivity index (χ1v) is 16.7. The zero-order chi connectivity index (χ0) is 37.1. The van der Waals surface area contributed by atoms with Gasteiger partial charge in [0.05, 0.1) is 69.9 Å². The van der Waals surface area contributed by atoms with Gasteiger partial charge in [0.15, 0.2) is 11.4 Å². The average Bonchev–Trinajstić information content (AvgIpc) is 3.63. The van der Waals surface area contributed by atoms with Crippen LogP contribution in [0.3, 0.4) is 0 Å². The Bertz CT molecular complexity index is 2760. The summed E-state index contributed by atoms with van der Waals surface area (Å²) in [6, 6.07) is 35.4. The summed E-state index contributed by atoms with van der Waals surface area (Å²) >= 11 is 0. The second-order valence-electron chi connectivity index (χ2n) is 13.2. The van der Waals surface area contributed by atoms with E-state index in [2.05, 4.69) is 21.8 Å². The van der Waals surface area contributed by atoms with Gasteiger partial charge < -0.3 is 4.57 Å². The van der Waals surface area contributed by atoms with E-state index in [0.29, 0.717) is 50.6 Å². The third-order valence-corrected chi connectivity index (χ3v) is 9.78. The number of rotatable bonds is 4. The normalized spacial score (nSPS) is 12.0. The summed E-state index contributed by atoms with van der Waals surface area (Å²) in [7, 11) is 0. The molecule has 2 amide bonds. The lowest BCUT2D eigenvalue weighted by molar-refractivity contribution is 0.0925. The van der Waals surface area contributed by atoms with E-state index in [4.69, 9.17) is 13.1 Å². The van der Waals surface area contributed by atoms with Crippen LogP contribution in [0.1, 0.15) is 48.5 Å². The molecular formula is C45H26N6O2. The molecule has 1 aromatic heterocycles. The number of aryl methyl sites for hydroxylation is 3. The molecule has 0 saturated heterocycles. The Morgan fingerprint density at radius 1 is 0.604 bits per heavy atom. The summed E-state index contributed by atoms with van der Waals surface area (Å²) in [5, 5.41) is 21.2. The van der Waals surface area contributed by atoms with Crippen LogP contribution >= 0.6 is 0 Å². The average molecular weight is 683 g/mol. The maximum absolute atomic E-state index is 14.6. The minimum absolute atomic E-state index is 0.273. The van der Waals surface area contributed by atoms with Crippen LogP contribution < -0.4 is 4.90 Å². The molecule has 8 heteroatoms.